The predicted octanol–water partition coefficient (Wildman–Crippen LogP) is 9.50. The molecule has 2 unspecified atom stereocenters. The van der Waals surface area contributed by atoms with Crippen molar-refractivity contribution in [3.8, 4) is 0 Å². The summed E-state index contributed by atoms with van der Waals surface area (Å²) in [6.45, 7) is 16.4. The number of nitrogens with one attached hydrogen (secondary N) is 1. The molecule has 3 aliphatic heterocycles. The minimum absolute atomic E-state index is 0.105. The number of rotatable bonds is 5. The van der Waals surface area contributed by atoms with E-state index in [-0.39, 0.29) is 12.0 Å². The van der Waals surface area contributed by atoms with Crippen LogP contribution in [0.15, 0.2) is 69.7 Å². The largest absolute Gasteiger partial charge is 0.358 e. The Balaban J connectivity index is 0.000000175. The molecule has 1 N–H and O–H groups in total. The van der Waals surface area contributed by atoms with Crippen LogP contribution in [0.3, 0.4) is 0 Å². The Bertz CT molecular complexity index is 1980. The number of allylic oxidation sites excluding steroid dienone is 3. The van der Waals surface area contributed by atoms with Crippen LogP contribution in [0.4, 0.5) is 8.78 Å². The number of nitrogens with zero attached hydrogens (tertiary/aromatic N) is 5. The van der Waals surface area contributed by atoms with Gasteiger partial charge in [-0.1, -0.05) is 43.2 Å². The topological polar surface area (TPSA) is 51.9 Å². The summed E-state index contributed by atoms with van der Waals surface area (Å²) in [6.07, 6.45) is 8.24. The number of aromatic amines is 1. The fraction of sp³-hybridized carbons (Fsp3) is 0.476. The molecule has 5 heterocycles. The molecule has 4 aromatic rings. The highest BCUT2D eigenvalue weighted by Crippen LogP contribution is 2.37. The molecule has 0 saturated carbocycles. The highest BCUT2D eigenvalue weighted by molar-refractivity contribution is 6.31. The molecule has 0 saturated heterocycles. The van der Waals surface area contributed by atoms with E-state index < -0.39 is 11.8 Å². The van der Waals surface area contributed by atoms with Gasteiger partial charge < -0.3 is 19.4 Å². The fourth-order valence-electron chi connectivity index (χ4n) is 7.08. The number of aryl methyl sites for hydroxylation is 1. The summed E-state index contributed by atoms with van der Waals surface area (Å²) in [5, 5.41) is 3.28. The first kappa shape index (κ1) is 38.6. The van der Waals surface area contributed by atoms with Crippen LogP contribution in [0, 0.1) is 12.3 Å². The second-order valence-corrected chi connectivity index (χ2v) is 15.9. The molecule has 274 valence electrons. The van der Waals surface area contributed by atoms with Gasteiger partial charge in [0.1, 0.15) is 6.17 Å². The zero-order valence-electron chi connectivity index (χ0n) is 31.9. The normalized spacial score (nSPS) is 19.5. The molecule has 0 bridgehead atoms. The lowest BCUT2D eigenvalue weighted by molar-refractivity contribution is 0.210. The van der Waals surface area contributed by atoms with E-state index in [1.54, 1.807) is 39.4 Å². The third-order valence-electron chi connectivity index (χ3n) is 10.2. The molecule has 0 amide bonds. The lowest BCUT2D eigenvalue weighted by Crippen LogP contribution is -2.34. The van der Waals surface area contributed by atoms with Crippen LogP contribution in [0.1, 0.15) is 62.7 Å². The zero-order valence-corrected chi connectivity index (χ0v) is 32.6. The summed E-state index contributed by atoms with van der Waals surface area (Å²) in [7, 11) is 5.98. The number of hydrogen-bond acceptors (Lipinski definition) is 4. The van der Waals surface area contributed by atoms with Crippen LogP contribution in [0.25, 0.3) is 21.8 Å². The van der Waals surface area contributed by atoms with Gasteiger partial charge in [0.15, 0.2) is 5.67 Å². The van der Waals surface area contributed by atoms with Crippen LogP contribution >= 0.6 is 11.6 Å². The molecule has 2 aromatic carbocycles. The summed E-state index contributed by atoms with van der Waals surface area (Å²) in [5.74, 6) is 0. The maximum Gasteiger partial charge on any atom is 0.152 e. The summed E-state index contributed by atoms with van der Waals surface area (Å²) >= 11 is 6.27. The van der Waals surface area contributed by atoms with E-state index in [2.05, 4.69) is 82.4 Å². The highest BCUT2D eigenvalue weighted by Gasteiger charge is 2.34. The second kappa shape index (κ2) is 16.0. The molecule has 3 aliphatic rings. The minimum Gasteiger partial charge on any atom is -0.358 e. The Kier molecular flexibility index (Phi) is 12.1. The summed E-state index contributed by atoms with van der Waals surface area (Å²) in [6, 6.07) is 12.6. The van der Waals surface area contributed by atoms with E-state index in [1.165, 1.54) is 52.4 Å². The zero-order chi connectivity index (χ0) is 37.1. The molecule has 0 fully saturated rings. The van der Waals surface area contributed by atoms with Crippen molar-refractivity contribution < 1.29 is 8.78 Å². The van der Waals surface area contributed by atoms with Gasteiger partial charge in [0, 0.05) is 114 Å². The number of halogens is 3. The van der Waals surface area contributed by atoms with Gasteiger partial charge in [0.2, 0.25) is 0 Å². The predicted molar refractivity (Wildman–Crippen MR) is 214 cm³/mol. The number of benzene rings is 2. The van der Waals surface area contributed by atoms with Crippen LogP contribution in [-0.2, 0) is 32.5 Å². The second-order valence-electron chi connectivity index (χ2n) is 15.5. The number of dihydropyridines is 1. The van der Waals surface area contributed by atoms with Crippen molar-refractivity contribution in [2.24, 2.45) is 15.4 Å². The van der Waals surface area contributed by atoms with E-state index in [9.17, 15) is 4.39 Å². The van der Waals surface area contributed by atoms with Gasteiger partial charge in [-0.25, -0.2) is 8.78 Å². The maximum atomic E-state index is 15.9. The van der Waals surface area contributed by atoms with E-state index >= 15 is 4.39 Å². The molecule has 51 heavy (non-hydrogen) atoms. The van der Waals surface area contributed by atoms with Crippen molar-refractivity contribution in [3.05, 3.63) is 92.8 Å². The van der Waals surface area contributed by atoms with E-state index in [0.29, 0.717) is 17.7 Å². The van der Waals surface area contributed by atoms with Gasteiger partial charge in [-0.15, -0.1) is 0 Å². The molecule has 0 spiro atoms. The average molecular weight is 717 g/mol. The Morgan fingerprint density at radius 2 is 1.78 bits per heavy atom. The van der Waals surface area contributed by atoms with Gasteiger partial charge in [-0.2, -0.15) is 0 Å². The standard InChI is InChI=1S/C22H27ClFN3.C13H16N2.C7H12FN/c1-21(2)10-15(11-25-13-21)22(3,24)14-27-19-6-5-16(23)9-17(19)18-12-26(4)8-7-20(18)27;1-9-3-4-12-10(7-9)11-8-15(2)6-5-13(11)14-12;1-6(7(2)8)4-5-9-3/h5-6,9-11H,7-8,12-14H2,1-4H3;3-4,7,14H,5-6,8H2,1-2H3;4-5,7H,1-3H3/b;;6-4+,9-5?. The molecule has 6 nitrogen and oxygen atoms in total. The molecular weight excluding hydrogens is 662 g/mol. The van der Waals surface area contributed by atoms with E-state index in [4.69, 9.17) is 11.6 Å². The Morgan fingerprint density at radius 1 is 1.08 bits per heavy atom. The maximum absolute atomic E-state index is 15.9. The Morgan fingerprint density at radius 3 is 2.47 bits per heavy atom. The van der Waals surface area contributed by atoms with Gasteiger partial charge in [-0.3, -0.25) is 9.98 Å². The van der Waals surface area contributed by atoms with E-state index in [0.717, 1.165) is 48.4 Å². The van der Waals surface area contributed by atoms with Crippen LogP contribution in [0.2, 0.25) is 5.02 Å². The minimum atomic E-state index is -1.48. The first-order valence-corrected chi connectivity index (χ1v) is 18.4. The molecule has 7 rings (SSSR count). The van der Waals surface area contributed by atoms with Crippen molar-refractivity contribution in [1.82, 2.24) is 19.4 Å². The summed E-state index contributed by atoms with van der Waals surface area (Å²) in [5.41, 5.74) is 8.96. The van der Waals surface area contributed by atoms with Gasteiger partial charge >= 0.3 is 0 Å². The fourth-order valence-corrected chi connectivity index (χ4v) is 7.25. The van der Waals surface area contributed by atoms with Gasteiger partial charge in [-0.05, 0) is 94.9 Å². The molecule has 2 aromatic heterocycles. The van der Waals surface area contributed by atoms with Crippen molar-refractivity contribution in [2.75, 3.05) is 40.8 Å². The quantitative estimate of drug-likeness (QED) is 0.209. The third-order valence-corrected chi connectivity index (χ3v) is 10.4. The third kappa shape index (κ3) is 9.26. The molecule has 9 heteroatoms. The molecular formula is C42H55ClF2N6. The smallest absolute Gasteiger partial charge is 0.152 e. The molecule has 2 atom stereocenters. The lowest BCUT2D eigenvalue weighted by atomic mass is 9.84. The number of fused-ring (bicyclic) bond motifs is 6. The van der Waals surface area contributed by atoms with Crippen molar-refractivity contribution >= 4 is 45.8 Å². The van der Waals surface area contributed by atoms with Gasteiger partial charge in [0.05, 0.1) is 6.54 Å². The van der Waals surface area contributed by atoms with Crippen molar-refractivity contribution in [3.63, 3.8) is 0 Å². The Labute approximate surface area is 308 Å². The lowest BCUT2D eigenvalue weighted by Gasteiger charge is -2.31. The first-order chi connectivity index (χ1) is 24.1. The SMILES string of the molecule is CN1CCc2c(c3cc(Cl)ccc3n2CC(C)(F)C2=CC(C)(C)CN=C2)C1.CN=C/C=C(\C)C(C)F.Cc1ccc2[nH]c3c(c2c1)CN(C)CC3. The van der Waals surface area contributed by atoms with Crippen LogP contribution in [0.5, 0.6) is 0 Å². The number of alkyl halides is 2. The number of hydrogen-bond donors (Lipinski definition) is 1. The highest BCUT2D eigenvalue weighted by atomic mass is 35.5. The summed E-state index contributed by atoms with van der Waals surface area (Å²) < 4.78 is 30.4. The molecule has 0 radical (unpaired) electrons. The monoisotopic (exact) mass is 716 g/mol. The first-order valence-electron chi connectivity index (χ1n) is 18.0. The number of likely N-dealkylation sites (N-methyl/N-ethyl adjacent to an activating group) is 2. The number of H-pyrrole nitrogens is 1. The number of aliphatic imine (C=N–C) groups is 2. The number of aromatic nitrogens is 2. The summed E-state index contributed by atoms with van der Waals surface area (Å²) in [4.78, 5) is 16.3. The average Bonchev–Trinajstić information content (AvgIpc) is 3.57. The van der Waals surface area contributed by atoms with Crippen LogP contribution in [-0.4, -0.2) is 84.4 Å². The van der Waals surface area contributed by atoms with Crippen molar-refractivity contribution in [2.45, 2.75) is 85.9 Å². The van der Waals surface area contributed by atoms with E-state index in [1.807, 2.05) is 24.3 Å². The van der Waals surface area contributed by atoms with Crippen molar-refractivity contribution in [1.29, 1.82) is 0 Å². The Hall–Kier alpha value is -3.59. The van der Waals surface area contributed by atoms with Crippen LogP contribution < -0.4 is 0 Å². The molecule has 0 aliphatic carbocycles. The van der Waals surface area contributed by atoms with Gasteiger partial charge in [0.25, 0.3) is 0 Å².